The second kappa shape index (κ2) is 12.5. The van der Waals surface area contributed by atoms with Crippen molar-refractivity contribution in [1.29, 1.82) is 0 Å². The Balaban J connectivity index is 1.40. The molecule has 0 spiro atoms. The van der Waals surface area contributed by atoms with Crippen LogP contribution in [0.5, 0.6) is 17.2 Å². The number of benzene rings is 2. The van der Waals surface area contributed by atoms with E-state index >= 15 is 0 Å². The summed E-state index contributed by atoms with van der Waals surface area (Å²) < 4.78 is 16.7. The smallest absolute Gasteiger partial charge is 0.321 e. The fraction of sp³-hybridized carbons (Fsp3) is 0.407. The van der Waals surface area contributed by atoms with Crippen LogP contribution in [0.3, 0.4) is 0 Å². The van der Waals surface area contributed by atoms with Gasteiger partial charge in [0.2, 0.25) is 0 Å². The van der Waals surface area contributed by atoms with Crippen LogP contribution < -0.4 is 24.4 Å². The third-order valence-corrected chi connectivity index (χ3v) is 6.08. The maximum Gasteiger partial charge on any atom is 0.321 e. The Hall–Kier alpha value is -4.32. The Morgan fingerprint density at radius 3 is 2.41 bits per heavy atom. The van der Waals surface area contributed by atoms with Gasteiger partial charge in [0.1, 0.15) is 24.5 Å². The highest BCUT2D eigenvalue weighted by molar-refractivity contribution is 5.92. The predicted molar refractivity (Wildman–Crippen MR) is 145 cm³/mol. The number of amides is 2. The third kappa shape index (κ3) is 7.17. The zero-order chi connectivity index (χ0) is 27.9. The van der Waals surface area contributed by atoms with E-state index in [1.165, 1.54) is 13.4 Å². The summed E-state index contributed by atoms with van der Waals surface area (Å²) in [6.07, 6.45) is -0.0460. The van der Waals surface area contributed by atoms with Gasteiger partial charge in [-0.05, 0) is 44.2 Å². The van der Waals surface area contributed by atoms with Crippen LogP contribution in [0.25, 0.3) is 10.9 Å². The maximum absolute atomic E-state index is 12.8. The molecule has 2 heterocycles. The first-order valence-electron chi connectivity index (χ1n) is 12.7. The van der Waals surface area contributed by atoms with E-state index in [4.69, 9.17) is 19.3 Å². The molecule has 39 heavy (non-hydrogen) atoms. The van der Waals surface area contributed by atoms with Gasteiger partial charge in [-0.3, -0.25) is 4.79 Å². The molecule has 1 aliphatic rings. The highest BCUT2D eigenvalue weighted by Gasteiger charge is 2.24. The van der Waals surface area contributed by atoms with Gasteiger partial charge in [-0.2, -0.15) is 0 Å². The van der Waals surface area contributed by atoms with Crippen molar-refractivity contribution >= 4 is 34.4 Å². The molecule has 0 saturated carbocycles. The molecule has 208 valence electrons. The zero-order valence-electron chi connectivity index (χ0n) is 22.2. The minimum absolute atomic E-state index is 0.0784. The largest absolute Gasteiger partial charge is 0.493 e. The number of ether oxygens (including phenoxy) is 3. The third-order valence-electron chi connectivity index (χ3n) is 6.08. The minimum atomic E-state index is -1.16. The second-order valence-corrected chi connectivity index (χ2v) is 9.38. The first-order valence-corrected chi connectivity index (χ1v) is 12.7. The van der Waals surface area contributed by atoms with Crippen molar-refractivity contribution in [2.45, 2.75) is 32.5 Å². The number of piperazine rings is 1. The first-order chi connectivity index (χ1) is 18.7. The number of nitrogens with one attached hydrogen (secondary N) is 1. The second-order valence-electron chi connectivity index (χ2n) is 9.38. The number of urea groups is 1. The number of nitrogens with zero attached hydrogens (tertiary/aromatic N) is 4. The van der Waals surface area contributed by atoms with Crippen LogP contribution in [0.4, 0.5) is 16.3 Å². The van der Waals surface area contributed by atoms with E-state index in [1.54, 1.807) is 17.0 Å². The summed E-state index contributed by atoms with van der Waals surface area (Å²) in [7, 11) is 1.49. The van der Waals surface area contributed by atoms with Gasteiger partial charge >= 0.3 is 12.0 Å². The quantitative estimate of drug-likeness (QED) is 0.351. The molecule has 0 radical (unpaired) electrons. The van der Waals surface area contributed by atoms with E-state index in [9.17, 15) is 14.7 Å². The number of methoxy groups -OCH3 is 1. The number of aromatic nitrogens is 2. The number of carboxylic acid groups (broad SMARTS) is 1. The number of carboxylic acids is 1. The van der Waals surface area contributed by atoms with Crippen molar-refractivity contribution < 1.29 is 34.0 Å². The Labute approximate surface area is 226 Å². The van der Waals surface area contributed by atoms with Crippen molar-refractivity contribution in [2.24, 2.45) is 0 Å². The fourth-order valence-electron chi connectivity index (χ4n) is 4.23. The Morgan fingerprint density at radius 1 is 1.05 bits per heavy atom. The van der Waals surface area contributed by atoms with Crippen molar-refractivity contribution in [3.05, 3.63) is 42.7 Å². The van der Waals surface area contributed by atoms with Gasteiger partial charge in [0.05, 0.1) is 31.3 Å². The zero-order valence-corrected chi connectivity index (χ0v) is 22.2. The Kier molecular flexibility index (Phi) is 8.87. The van der Waals surface area contributed by atoms with Gasteiger partial charge in [-0.1, -0.05) is 0 Å². The van der Waals surface area contributed by atoms with E-state index in [2.05, 4.69) is 20.2 Å². The number of hydrogen-bond acceptors (Lipinski definition) is 9. The molecule has 2 aromatic carbocycles. The van der Waals surface area contributed by atoms with Crippen LogP contribution in [-0.2, 0) is 4.79 Å². The lowest BCUT2D eigenvalue weighted by Crippen LogP contribution is -2.50. The van der Waals surface area contributed by atoms with Gasteiger partial charge in [0, 0.05) is 43.3 Å². The standard InChI is InChI=1S/C27H33N5O7/c1-17(2)39-20-6-4-18(5-7-20)30-27(36)32-10-8-31(9-11-32)26-21-13-23(37-3)24(14-22(21)28-16-29-26)38-15-19(33)12-25(34)35/h4-7,13-14,16-17,19,33H,8-12,15H2,1-3H3,(H,30,36)(H,34,35). The van der Waals surface area contributed by atoms with Crippen LogP contribution in [0.1, 0.15) is 20.3 Å². The lowest BCUT2D eigenvalue weighted by molar-refractivity contribution is -0.139. The summed E-state index contributed by atoms with van der Waals surface area (Å²) in [5, 5.41) is 22.3. The van der Waals surface area contributed by atoms with Gasteiger partial charge < -0.3 is 39.5 Å². The minimum Gasteiger partial charge on any atom is -0.493 e. The monoisotopic (exact) mass is 539 g/mol. The lowest BCUT2D eigenvalue weighted by atomic mass is 10.2. The average molecular weight is 540 g/mol. The van der Waals surface area contributed by atoms with Crippen LogP contribution in [0, 0.1) is 0 Å². The molecule has 0 bridgehead atoms. The summed E-state index contributed by atoms with van der Waals surface area (Å²) in [6, 6.07) is 10.6. The van der Waals surface area contributed by atoms with Crippen LogP contribution in [-0.4, -0.2) is 89.2 Å². The molecule has 3 aromatic rings. The fourth-order valence-corrected chi connectivity index (χ4v) is 4.23. The normalized spacial score (nSPS) is 14.3. The Morgan fingerprint density at radius 2 is 1.77 bits per heavy atom. The molecule has 4 rings (SSSR count). The number of hydrogen-bond donors (Lipinski definition) is 3. The SMILES string of the molecule is COc1cc2c(N3CCN(C(=O)Nc4ccc(OC(C)C)cc4)CC3)ncnc2cc1OCC(O)CC(=O)O. The number of aliphatic hydroxyl groups excluding tert-OH is 1. The summed E-state index contributed by atoms with van der Waals surface area (Å²) in [4.78, 5) is 36.3. The topological polar surface area (TPSA) is 147 Å². The maximum atomic E-state index is 12.8. The number of carbonyl (C=O) groups excluding carboxylic acids is 1. The van der Waals surface area contributed by atoms with E-state index in [-0.39, 0.29) is 18.7 Å². The van der Waals surface area contributed by atoms with E-state index in [0.29, 0.717) is 54.7 Å². The molecule has 1 unspecified atom stereocenters. The lowest BCUT2D eigenvalue weighted by Gasteiger charge is -2.35. The van der Waals surface area contributed by atoms with Crippen molar-refractivity contribution in [2.75, 3.05) is 50.1 Å². The number of anilines is 2. The molecule has 3 N–H and O–H groups in total. The van der Waals surface area contributed by atoms with E-state index in [0.717, 1.165) is 11.1 Å². The molecule has 12 heteroatoms. The Bertz CT molecular complexity index is 1290. The van der Waals surface area contributed by atoms with Gasteiger partial charge in [0.25, 0.3) is 0 Å². The van der Waals surface area contributed by atoms with Crippen molar-refractivity contribution in [1.82, 2.24) is 14.9 Å². The van der Waals surface area contributed by atoms with Crippen LogP contribution in [0.2, 0.25) is 0 Å². The van der Waals surface area contributed by atoms with Crippen LogP contribution >= 0.6 is 0 Å². The molecular weight excluding hydrogens is 506 g/mol. The van der Waals surface area contributed by atoms with Gasteiger partial charge in [-0.25, -0.2) is 14.8 Å². The van der Waals surface area contributed by atoms with Crippen LogP contribution in [0.15, 0.2) is 42.7 Å². The van der Waals surface area contributed by atoms with Gasteiger partial charge in [0.15, 0.2) is 11.5 Å². The van der Waals surface area contributed by atoms with E-state index in [1.807, 2.05) is 38.1 Å². The summed E-state index contributed by atoms with van der Waals surface area (Å²) in [5.41, 5.74) is 1.30. The number of carbonyl (C=O) groups is 2. The molecule has 12 nitrogen and oxygen atoms in total. The number of aliphatic hydroxyl groups is 1. The van der Waals surface area contributed by atoms with E-state index < -0.39 is 18.5 Å². The summed E-state index contributed by atoms with van der Waals surface area (Å²) in [6.45, 7) is 5.87. The highest BCUT2D eigenvalue weighted by Crippen LogP contribution is 2.35. The average Bonchev–Trinajstić information content (AvgIpc) is 2.91. The summed E-state index contributed by atoms with van der Waals surface area (Å²) >= 11 is 0. The summed E-state index contributed by atoms with van der Waals surface area (Å²) in [5.74, 6) is 1.09. The highest BCUT2D eigenvalue weighted by atomic mass is 16.5. The molecule has 1 aliphatic heterocycles. The predicted octanol–water partition coefficient (Wildman–Crippen LogP) is 2.99. The molecule has 1 aromatic heterocycles. The molecule has 0 aliphatic carbocycles. The van der Waals surface area contributed by atoms with Gasteiger partial charge in [-0.15, -0.1) is 0 Å². The molecule has 2 amide bonds. The molecular formula is C27H33N5O7. The number of aliphatic carboxylic acids is 1. The number of rotatable bonds is 10. The van der Waals surface area contributed by atoms with Crippen molar-refractivity contribution in [3.63, 3.8) is 0 Å². The van der Waals surface area contributed by atoms with Crippen molar-refractivity contribution in [3.8, 4) is 17.2 Å². The molecule has 1 fully saturated rings. The first kappa shape index (κ1) is 27.7. The number of fused-ring (bicyclic) bond motifs is 1. The molecule has 1 atom stereocenters. The molecule has 1 saturated heterocycles.